The van der Waals surface area contributed by atoms with Crippen molar-refractivity contribution >= 4 is 20.6 Å². The molecule has 1 unspecified atom stereocenters. The maximum absolute atomic E-state index is 4.98. The van der Waals surface area contributed by atoms with E-state index in [1.165, 1.54) is 0 Å². The number of ether oxygens (including phenoxy) is 1. The van der Waals surface area contributed by atoms with E-state index in [0.717, 1.165) is 17.6 Å². The van der Waals surface area contributed by atoms with E-state index < -0.39 is 0 Å². The van der Waals surface area contributed by atoms with Gasteiger partial charge in [-0.1, -0.05) is 0 Å². The molecule has 0 radical (unpaired) electrons. The summed E-state index contributed by atoms with van der Waals surface area (Å²) in [6.07, 6.45) is 1.25. The highest BCUT2D eigenvalue weighted by Gasteiger charge is 2.22. The van der Waals surface area contributed by atoms with Crippen LogP contribution in [0.25, 0.3) is 0 Å². The molecule has 5 heteroatoms. The third-order valence-corrected chi connectivity index (χ3v) is 2.30. The maximum atomic E-state index is 4.98. The van der Waals surface area contributed by atoms with Crippen LogP contribution < -0.4 is 5.32 Å². The fraction of sp³-hybridized carbons (Fsp3) is 0.857. The second kappa shape index (κ2) is 4.79. The number of hydrazone groups is 1. The molecule has 1 aliphatic rings. The second-order valence-electron chi connectivity index (χ2n) is 2.64. The number of hydrogen-bond donors (Lipinski definition) is 1. The minimum atomic E-state index is 0.314. The van der Waals surface area contributed by atoms with Gasteiger partial charge in [0.1, 0.15) is 10.8 Å². The summed E-state index contributed by atoms with van der Waals surface area (Å²) >= 11 is 3.38. The predicted octanol–water partition coefficient (Wildman–Crippen LogP) is 0.592. The molecular weight excluding hydrogens is 222 g/mol. The summed E-state index contributed by atoms with van der Waals surface area (Å²) in [6, 6.07) is 0. The van der Waals surface area contributed by atoms with Crippen LogP contribution in [-0.4, -0.2) is 43.1 Å². The summed E-state index contributed by atoms with van der Waals surface area (Å²) in [4.78, 5) is 0. The topological polar surface area (TPSA) is 36.9 Å². The van der Waals surface area contributed by atoms with Crippen LogP contribution in [0, 0.1) is 0 Å². The van der Waals surface area contributed by atoms with E-state index >= 15 is 0 Å². The second-order valence-corrected chi connectivity index (χ2v) is 3.56. The number of hydrogen-bond acceptors (Lipinski definition) is 4. The van der Waals surface area contributed by atoms with Gasteiger partial charge in [0.15, 0.2) is 0 Å². The lowest BCUT2D eigenvalue weighted by Gasteiger charge is -2.22. The molecule has 1 rings (SSSR count). The van der Waals surface area contributed by atoms with Crippen LogP contribution in [0.1, 0.15) is 6.42 Å². The Kier molecular flexibility index (Phi) is 3.97. The van der Waals surface area contributed by atoms with Crippen molar-refractivity contribution in [3.63, 3.8) is 0 Å². The van der Waals surface area contributed by atoms with Crippen molar-refractivity contribution in [2.75, 3.05) is 27.3 Å². The largest absolute Gasteiger partial charge is 0.383 e. The molecule has 0 fully saturated rings. The van der Waals surface area contributed by atoms with Gasteiger partial charge in [-0.15, -0.1) is 0 Å². The fourth-order valence-corrected chi connectivity index (χ4v) is 1.67. The van der Waals surface area contributed by atoms with E-state index in [2.05, 4.69) is 26.3 Å². The molecule has 0 spiro atoms. The van der Waals surface area contributed by atoms with E-state index in [1.807, 2.05) is 12.1 Å². The maximum Gasteiger partial charge on any atom is 0.107 e. The molecule has 0 aromatic carbocycles. The third-order valence-electron chi connectivity index (χ3n) is 1.82. The van der Waals surface area contributed by atoms with Gasteiger partial charge in [-0.05, 0) is 23.0 Å². The Morgan fingerprint density at radius 1 is 1.83 bits per heavy atom. The van der Waals surface area contributed by atoms with Gasteiger partial charge in [0.2, 0.25) is 0 Å². The molecule has 1 heterocycles. The molecule has 4 nitrogen and oxygen atoms in total. The first-order valence-electron chi connectivity index (χ1n) is 3.93. The lowest BCUT2D eigenvalue weighted by Crippen LogP contribution is -2.39. The fourth-order valence-electron chi connectivity index (χ4n) is 1.16. The van der Waals surface area contributed by atoms with Gasteiger partial charge in [-0.2, -0.15) is 5.10 Å². The van der Waals surface area contributed by atoms with E-state index in [0.29, 0.717) is 12.8 Å². The van der Waals surface area contributed by atoms with Crippen LogP contribution in [0.5, 0.6) is 0 Å². The summed E-state index contributed by atoms with van der Waals surface area (Å²) < 4.78 is 5.98. The van der Waals surface area contributed by atoms with Crippen molar-refractivity contribution in [2.45, 2.75) is 12.6 Å². The Balaban J connectivity index is 2.38. The molecule has 0 saturated heterocycles. The molecule has 0 bridgehead atoms. The minimum absolute atomic E-state index is 0.314. The van der Waals surface area contributed by atoms with Crippen molar-refractivity contribution in [1.82, 2.24) is 10.3 Å². The number of nitrogens with one attached hydrogen (secondary N) is 1. The Morgan fingerprint density at radius 3 is 3.17 bits per heavy atom. The lowest BCUT2D eigenvalue weighted by molar-refractivity contribution is 0.124. The Bertz CT molecular complexity index is 174. The first kappa shape index (κ1) is 9.95. The summed E-state index contributed by atoms with van der Waals surface area (Å²) in [5.74, 6) is 0. The first-order valence-corrected chi connectivity index (χ1v) is 4.73. The minimum Gasteiger partial charge on any atom is -0.383 e. The molecule has 1 aliphatic heterocycles. The van der Waals surface area contributed by atoms with Gasteiger partial charge in [-0.3, -0.25) is 10.3 Å². The third kappa shape index (κ3) is 2.43. The monoisotopic (exact) mass is 235 g/mol. The van der Waals surface area contributed by atoms with Crippen molar-refractivity contribution in [3.05, 3.63) is 0 Å². The highest BCUT2D eigenvalue weighted by Crippen LogP contribution is 2.15. The predicted molar refractivity (Wildman–Crippen MR) is 52.4 cm³/mol. The smallest absolute Gasteiger partial charge is 0.107 e. The quantitative estimate of drug-likeness (QED) is 0.776. The average Bonchev–Trinajstić information content (AvgIpc) is 2.42. The van der Waals surface area contributed by atoms with Crippen LogP contribution in [0.2, 0.25) is 0 Å². The lowest BCUT2D eigenvalue weighted by atomic mass is 10.4. The van der Waals surface area contributed by atoms with Crippen LogP contribution in [0.4, 0.5) is 0 Å². The van der Waals surface area contributed by atoms with Gasteiger partial charge < -0.3 is 4.74 Å². The number of nitrogens with zero attached hydrogens (tertiary/aromatic N) is 2. The van der Waals surface area contributed by atoms with Gasteiger partial charge in [-0.25, -0.2) is 0 Å². The SMILES string of the molecule is CNC1CC(Br)=NN1CCOC. The molecular formula is C7H14BrN3O. The van der Waals surface area contributed by atoms with Gasteiger partial charge in [0.25, 0.3) is 0 Å². The number of rotatable bonds is 4. The van der Waals surface area contributed by atoms with E-state index in [9.17, 15) is 0 Å². The summed E-state index contributed by atoms with van der Waals surface area (Å²) in [5, 5.41) is 9.48. The van der Waals surface area contributed by atoms with Gasteiger partial charge >= 0.3 is 0 Å². The molecule has 0 saturated carbocycles. The average molecular weight is 236 g/mol. The molecule has 1 N–H and O–H groups in total. The van der Waals surface area contributed by atoms with E-state index in [1.54, 1.807) is 7.11 Å². The van der Waals surface area contributed by atoms with Crippen molar-refractivity contribution in [3.8, 4) is 0 Å². The Labute approximate surface area is 81.1 Å². The highest BCUT2D eigenvalue weighted by molar-refractivity contribution is 9.18. The standard InChI is InChI=1S/C7H14BrN3O/c1-9-7-5-6(8)10-11(7)3-4-12-2/h7,9H,3-5H2,1-2H3. The molecule has 70 valence electrons. The van der Waals surface area contributed by atoms with Gasteiger partial charge in [0, 0.05) is 13.5 Å². The first-order chi connectivity index (χ1) is 5.77. The van der Waals surface area contributed by atoms with Gasteiger partial charge in [0.05, 0.1) is 13.2 Å². The van der Waals surface area contributed by atoms with Crippen LogP contribution >= 0.6 is 15.9 Å². The number of halogens is 1. The number of methoxy groups -OCH3 is 1. The molecule has 12 heavy (non-hydrogen) atoms. The summed E-state index contributed by atoms with van der Waals surface area (Å²) in [5.41, 5.74) is 0. The zero-order valence-corrected chi connectivity index (χ0v) is 8.97. The summed E-state index contributed by atoms with van der Waals surface area (Å²) in [7, 11) is 3.63. The summed E-state index contributed by atoms with van der Waals surface area (Å²) in [6.45, 7) is 1.54. The normalized spacial score (nSPS) is 23.1. The van der Waals surface area contributed by atoms with Crippen LogP contribution in [0.15, 0.2) is 5.10 Å². The highest BCUT2D eigenvalue weighted by atomic mass is 79.9. The van der Waals surface area contributed by atoms with E-state index in [4.69, 9.17) is 4.74 Å². The van der Waals surface area contributed by atoms with Crippen LogP contribution in [0.3, 0.4) is 0 Å². The van der Waals surface area contributed by atoms with Crippen molar-refractivity contribution in [2.24, 2.45) is 5.10 Å². The van der Waals surface area contributed by atoms with Crippen molar-refractivity contribution < 1.29 is 4.74 Å². The van der Waals surface area contributed by atoms with Crippen LogP contribution in [-0.2, 0) is 4.74 Å². The molecule has 0 aromatic heterocycles. The molecule has 0 amide bonds. The van der Waals surface area contributed by atoms with Crippen molar-refractivity contribution in [1.29, 1.82) is 0 Å². The van der Waals surface area contributed by atoms with E-state index in [-0.39, 0.29) is 0 Å². The zero-order chi connectivity index (χ0) is 8.97. The zero-order valence-electron chi connectivity index (χ0n) is 7.38. The Hall–Kier alpha value is -0.130. The molecule has 1 atom stereocenters. The Morgan fingerprint density at radius 2 is 2.58 bits per heavy atom. The molecule has 0 aromatic rings. The molecule has 0 aliphatic carbocycles.